The minimum Gasteiger partial charge on any atom is -0.337 e. The minimum absolute atomic E-state index is 0.00648. The fourth-order valence-corrected chi connectivity index (χ4v) is 3.59. The van der Waals surface area contributed by atoms with Crippen LogP contribution >= 0.6 is 11.6 Å². The Morgan fingerprint density at radius 1 is 1.20 bits per heavy atom. The van der Waals surface area contributed by atoms with Gasteiger partial charge in [-0.15, -0.1) is 11.6 Å². The predicted molar refractivity (Wildman–Crippen MR) is 80.7 cm³/mol. The standard InChI is InChI=1S/C16H21ClN2O/c17-14-9-16(20)19(11-14)15-7-4-8-18(12-15)10-13-5-2-1-3-6-13/h1-3,5-6,14-15H,4,7-12H2/t14?,15-/m1/s1. The van der Waals surface area contributed by atoms with Crippen molar-refractivity contribution < 1.29 is 4.79 Å². The summed E-state index contributed by atoms with van der Waals surface area (Å²) in [7, 11) is 0. The van der Waals surface area contributed by atoms with Crippen molar-refractivity contribution in [1.29, 1.82) is 0 Å². The molecule has 2 aliphatic heterocycles. The summed E-state index contributed by atoms with van der Waals surface area (Å²) in [6, 6.07) is 10.9. The summed E-state index contributed by atoms with van der Waals surface area (Å²) < 4.78 is 0. The summed E-state index contributed by atoms with van der Waals surface area (Å²) in [5.41, 5.74) is 1.34. The van der Waals surface area contributed by atoms with Gasteiger partial charge in [0.15, 0.2) is 0 Å². The molecule has 20 heavy (non-hydrogen) atoms. The summed E-state index contributed by atoms with van der Waals surface area (Å²) in [5.74, 6) is 0.233. The van der Waals surface area contributed by atoms with E-state index in [4.69, 9.17) is 11.6 Å². The molecule has 2 heterocycles. The van der Waals surface area contributed by atoms with Crippen LogP contribution < -0.4 is 0 Å². The van der Waals surface area contributed by atoms with Crippen molar-refractivity contribution in [3.05, 3.63) is 35.9 Å². The van der Waals surface area contributed by atoms with Crippen molar-refractivity contribution in [2.24, 2.45) is 0 Å². The van der Waals surface area contributed by atoms with E-state index in [1.165, 1.54) is 5.56 Å². The van der Waals surface area contributed by atoms with Gasteiger partial charge in [0, 0.05) is 32.1 Å². The second-order valence-corrected chi connectivity index (χ2v) is 6.48. The molecule has 3 rings (SSSR count). The van der Waals surface area contributed by atoms with E-state index in [0.717, 1.165) is 39.0 Å². The molecule has 2 fully saturated rings. The fraction of sp³-hybridized carbons (Fsp3) is 0.562. The molecule has 1 aromatic rings. The maximum Gasteiger partial charge on any atom is 0.224 e. The van der Waals surface area contributed by atoms with E-state index in [1.807, 2.05) is 11.0 Å². The lowest BCUT2D eigenvalue weighted by molar-refractivity contribution is -0.130. The molecule has 0 N–H and O–H groups in total. The molecule has 3 nitrogen and oxygen atoms in total. The SMILES string of the molecule is O=C1CC(Cl)CN1[C@@H]1CCCN(Cc2ccccc2)C1. The summed E-state index contributed by atoms with van der Waals surface area (Å²) in [5, 5.41) is 0.00648. The molecular formula is C16H21ClN2O. The van der Waals surface area contributed by atoms with Crippen molar-refractivity contribution >= 4 is 17.5 Å². The Morgan fingerprint density at radius 2 is 2.00 bits per heavy atom. The Kier molecular flexibility index (Phi) is 4.27. The first-order valence-corrected chi connectivity index (χ1v) is 7.86. The summed E-state index contributed by atoms with van der Waals surface area (Å²) in [4.78, 5) is 16.4. The van der Waals surface area contributed by atoms with E-state index in [1.54, 1.807) is 0 Å². The third kappa shape index (κ3) is 3.15. The number of benzene rings is 1. The molecule has 0 aromatic heterocycles. The summed E-state index contributed by atoms with van der Waals surface area (Å²) in [6.07, 6.45) is 2.78. The number of rotatable bonds is 3. The molecule has 2 aliphatic rings. The molecule has 0 aliphatic carbocycles. The number of halogens is 1. The van der Waals surface area contributed by atoms with Gasteiger partial charge in [0.2, 0.25) is 5.91 Å². The number of hydrogen-bond acceptors (Lipinski definition) is 2. The van der Waals surface area contributed by atoms with Gasteiger partial charge in [-0.1, -0.05) is 30.3 Å². The van der Waals surface area contributed by atoms with Crippen LogP contribution in [0, 0.1) is 0 Å². The van der Waals surface area contributed by atoms with Crippen molar-refractivity contribution in [3.8, 4) is 0 Å². The number of carbonyl (C=O) groups excluding carboxylic acids is 1. The van der Waals surface area contributed by atoms with Crippen LogP contribution in [0.5, 0.6) is 0 Å². The van der Waals surface area contributed by atoms with Gasteiger partial charge < -0.3 is 4.90 Å². The molecule has 0 saturated carbocycles. The van der Waals surface area contributed by atoms with E-state index in [2.05, 4.69) is 29.2 Å². The highest BCUT2D eigenvalue weighted by Gasteiger charge is 2.35. The monoisotopic (exact) mass is 292 g/mol. The zero-order valence-corrected chi connectivity index (χ0v) is 12.4. The smallest absolute Gasteiger partial charge is 0.224 e. The van der Waals surface area contributed by atoms with E-state index in [-0.39, 0.29) is 11.3 Å². The average molecular weight is 293 g/mol. The lowest BCUT2D eigenvalue weighted by Gasteiger charge is -2.37. The van der Waals surface area contributed by atoms with E-state index >= 15 is 0 Å². The molecule has 1 unspecified atom stereocenters. The largest absolute Gasteiger partial charge is 0.337 e. The van der Waals surface area contributed by atoms with Crippen LogP contribution in [-0.2, 0) is 11.3 Å². The van der Waals surface area contributed by atoms with E-state index in [0.29, 0.717) is 12.5 Å². The molecule has 108 valence electrons. The Balaban J connectivity index is 1.61. The van der Waals surface area contributed by atoms with Gasteiger partial charge >= 0.3 is 0 Å². The Hall–Kier alpha value is -1.06. The fourth-order valence-electron chi connectivity index (χ4n) is 3.31. The number of hydrogen-bond donors (Lipinski definition) is 0. The second kappa shape index (κ2) is 6.15. The maximum atomic E-state index is 12.0. The van der Waals surface area contributed by atoms with Gasteiger partial charge in [0.25, 0.3) is 0 Å². The summed E-state index contributed by atoms with van der Waals surface area (Å²) >= 11 is 6.11. The van der Waals surface area contributed by atoms with Crippen LogP contribution in [0.4, 0.5) is 0 Å². The zero-order valence-electron chi connectivity index (χ0n) is 11.7. The number of piperidine rings is 1. The van der Waals surface area contributed by atoms with Gasteiger partial charge in [-0.2, -0.15) is 0 Å². The van der Waals surface area contributed by atoms with Crippen LogP contribution in [0.3, 0.4) is 0 Å². The number of likely N-dealkylation sites (tertiary alicyclic amines) is 2. The van der Waals surface area contributed by atoms with Gasteiger partial charge in [-0.3, -0.25) is 9.69 Å². The molecular weight excluding hydrogens is 272 g/mol. The molecule has 1 aromatic carbocycles. The number of carbonyl (C=O) groups is 1. The topological polar surface area (TPSA) is 23.6 Å². The molecule has 0 spiro atoms. The zero-order chi connectivity index (χ0) is 13.9. The predicted octanol–water partition coefficient (Wildman–Crippen LogP) is 2.49. The maximum absolute atomic E-state index is 12.0. The molecule has 2 saturated heterocycles. The first-order valence-electron chi connectivity index (χ1n) is 7.42. The van der Waals surface area contributed by atoms with Crippen LogP contribution in [0.2, 0.25) is 0 Å². The van der Waals surface area contributed by atoms with Crippen molar-refractivity contribution in [3.63, 3.8) is 0 Å². The van der Waals surface area contributed by atoms with Gasteiger partial charge in [0.1, 0.15) is 0 Å². The molecule has 2 atom stereocenters. The third-order valence-corrected chi connectivity index (χ3v) is 4.57. The average Bonchev–Trinajstić information content (AvgIpc) is 2.79. The van der Waals surface area contributed by atoms with Crippen LogP contribution in [0.1, 0.15) is 24.8 Å². The molecule has 0 bridgehead atoms. The lowest BCUT2D eigenvalue weighted by Crippen LogP contribution is -2.48. The lowest BCUT2D eigenvalue weighted by atomic mass is 10.0. The van der Waals surface area contributed by atoms with Gasteiger partial charge in [0.05, 0.1) is 5.38 Å². The minimum atomic E-state index is 0.00648. The second-order valence-electron chi connectivity index (χ2n) is 5.86. The van der Waals surface area contributed by atoms with Gasteiger partial charge in [-0.25, -0.2) is 0 Å². The number of amides is 1. The molecule has 4 heteroatoms. The quantitative estimate of drug-likeness (QED) is 0.799. The highest BCUT2D eigenvalue weighted by molar-refractivity contribution is 6.22. The van der Waals surface area contributed by atoms with Crippen molar-refractivity contribution in [2.75, 3.05) is 19.6 Å². The first-order chi connectivity index (χ1) is 9.72. The van der Waals surface area contributed by atoms with Crippen LogP contribution in [0.15, 0.2) is 30.3 Å². The van der Waals surface area contributed by atoms with Crippen molar-refractivity contribution in [2.45, 2.75) is 37.2 Å². The highest BCUT2D eigenvalue weighted by Crippen LogP contribution is 2.24. The number of nitrogens with zero attached hydrogens (tertiary/aromatic N) is 2. The molecule has 0 radical (unpaired) electrons. The third-order valence-electron chi connectivity index (χ3n) is 4.28. The highest BCUT2D eigenvalue weighted by atomic mass is 35.5. The van der Waals surface area contributed by atoms with E-state index in [9.17, 15) is 4.79 Å². The van der Waals surface area contributed by atoms with Gasteiger partial charge in [-0.05, 0) is 24.9 Å². The van der Waals surface area contributed by atoms with E-state index < -0.39 is 0 Å². The summed E-state index contributed by atoms with van der Waals surface area (Å²) in [6.45, 7) is 3.80. The molecule has 1 amide bonds. The first kappa shape index (κ1) is 13.9. The Morgan fingerprint density at radius 3 is 2.70 bits per heavy atom. The Bertz CT molecular complexity index is 465. The van der Waals surface area contributed by atoms with Crippen molar-refractivity contribution in [1.82, 2.24) is 9.80 Å². The Labute approximate surface area is 125 Å². The van der Waals surface area contributed by atoms with Crippen LogP contribution in [0.25, 0.3) is 0 Å². The van der Waals surface area contributed by atoms with Crippen LogP contribution in [-0.4, -0.2) is 46.8 Å². The normalized spacial score (nSPS) is 28.1. The number of alkyl halides is 1.